The number of hydrogen-bond donors (Lipinski definition) is 2. The van der Waals surface area contributed by atoms with Crippen molar-refractivity contribution in [2.24, 2.45) is 18.7 Å². The zero-order valence-electron chi connectivity index (χ0n) is 14.1. The molecule has 0 aliphatic heterocycles. The van der Waals surface area contributed by atoms with Crippen LogP contribution in [0.15, 0.2) is 16.8 Å². The third kappa shape index (κ3) is 3.92. The van der Waals surface area contributed by atoms with E-state index < -0.39 is 5.54 Å². The molecule has 0 aromatic carbocycles. The Morgan fingerprint density at radius 1 is 1.52 bits per heavy atom. The van der Waals surface area contributed by atoms with Crippen molar-refractivity contribution in [3.05, 3.63) is 23.8 Å². The number of nitrogens with zero attached hydrogens (tertiary/aromatic N) is 3. The highest BCUT2D eigenvalue weighted by molar-refractivity contribution is 5.94. The number of aromatic nitrogens is 3. The minimum atomic E-state index is -0.489. The Hall–Kier alpha value is -1.86. The lowest BCUT2D eigenvalue weighted by Gasteiger charge is -2.33. The molecule has 1 unspecified atom stereocenters. The van der Waals surface area contributed by atoms with E-state index in [9.17, 15) is 4.79 Å². The molecule has 23 heavy (non-hydrogen) atoms. The molecular weight excluding hydrogens is 318 g/mol. The summed E-state index contributed by atoms with van der Waals surface area (Å²) < 4.78 is 7.24. The Morgan fingerprint density at radius 3 is 2.65 bits per heavy atom. The van der Waals surface area contributed by atoms with Crippen LogP contribution in [-0.2, 0) is 7.05 Å². The number of halogens is 1. The third-order valence-corrected chi connectivity index (χ3v) is 4.06. The lowest BCUT2D eigenvalue weighted by atomic mass is 9.88. The minimum absolute atomic E-state index is 0. The number of oxazole rings is 1. The number of carbonyl (C=O) groups is 1. The summed E-state index contributed by atoms with van der Waals surface area (Å²) in [6.45, 7) is 8.03. The molecule has 0 fully saturated rings. The normalized spacial score (nSPS) is 13.5. The predicted octanol–water partition coefficient (Wildman–Crippen LogP) is 1.91. The number of hydrogen-bond acceptors (Lipinski definition) is 5. The molecule has 0 spiro atoms. The van der Waals surface area contributed by atoms with Crippen LogP contribution >= 0.6 is 12.4 Å². The highest BCUT2D eigenvalue weighted by Crippen LogP contribution is 2.22. The number of amides is 1. The molecule has 0 saturated heterocycles. The molecule has 2 aromatic rings. The second-order valence-electron chi connectivity index (χ2n) is 6.06. The Labute approximate surface area is 142 Å². The monoisotopic (exact) mass is 341 g/mol. The molecule has 8 heteroatoms. The van der Waals surface area contributed by atoms with E-state index in [1.54, 1.807) is 24.0 Å². The quantitative estimate of drug-likeness (QED) is 0.865. The van der Waals surface area contributed by atoms with E-state index in [1.807, 2.05) is 27.8 Å². The molecule has 1 amide bonds. The maximum Gasteiger partial charge on any atom is 0.274 e. The Morgan fingerprint density at radius 2 is 2.17 bits per heavy atom. The van der Waals surface area contributed by atoms with E-state index >= 15 is 0 Å². The van der Waals surface area contributed by atoms with Crippen molar-refractivity contribution in [1.82, 2.24) is 20.1 Å². The maximum atomic E-state index is 12.5. The molecule has 0 saturated carbocycles. The van der Waals surface area contributed by atoms with Gasteiger partial charge in [0.2, 0.25) is 5.89 Å². The zero-order valence-corrected chi connectivity index (χ0v) is 14.9. The zero-order chi connectivity index (χ0) is 16.5. The molecule has 0 aliphatic rings. The smallest absolute Gasteiger partial charge is 0.274 e. The van der Waals surface area contributed by atoms with Gasteiger partial charge in [-0.3, -0.25) is 9.48 Å². The van der Waals surface area contributed by atoms with Gasteiger partial charge >= 0.3 is 0 Å². The molecule has 128 valence electrons. The molecule has 0 bridgehead atoms. The van der Waals surface area contributed by atoms with Crippen molar-refractivity contribution in [2.45, 2.75) is 33.2 Å². The van der Waals surface area contributed by atoms with Crippen LogP contribution in [0.3, 0.4) is 0 Å². The highest BCUT2D eigenvalue weighted by atomic mass is 35.5. The number of nitrogens with two attached hydrogens (primary N) is 1. The van der Waals surface area contributed by atoms with E-state index in [0.29, 0.717) is 18.2 Å². The first-order valence-electron chi connectivity index (χ1n) is 7.26. The topological polar surface area (TPSA) is 99.0 Å². The van der Waals surface area contributed by atoms with Crippen LogP contribution in [0.4, 0.5) is 0 Å². The van der Waals surface area contributed by atoms with Gasteiger partial charge in [0, 0.05) is 19.8 Å². The fraction of sp³-hybridized carbons (Fsp3) is 0.533. The maximum absolute atomic E-state index is 12.5. The van der Waals surface area contributed by atoms with E-state index in [4.69, 9.17) is 10.2 Å². The first-order chi connectivity index (χ1) is 10.3. The van der Waals surface area contributed by atoms with Gasteiger partial charge in [-0.2, -0.15) is 5.10 Å². The molecule has 1 atom stereocenters. The summed E-state index contributed by atoms with van der Waals surface area (Å²) in [4.78, 5) is 16.8. The van der Waals surface area contributed by atoms with Crippen molar-refractivity contribution < 1.29 is 9.21 Å². The summed E-state index contributed by atoms with van der Waals surface area (Å²) in [6.07, 6.45) is 3.43. The molecule has 2 heterocycles. The van der Waals surface area contributed by atoms with Crippen LogP contribution < -0.4 is 11.1 Å². The van der Waals surface area contributed by atoms with Crippen LogP contribution in [0.25, 0.3) is 11.5 Å². The van der Waals surface area contributed by atoms with E-state index in [2.05, 4.69) is 15.4 Å². The van der Waals surface area contributed by atoms with Crippen molar-refractivity contribution in [1.29, 1.82) is 0 Å². The second kappa shape index (κ2) is 7.14. The first-order valence-corrected chi connectivity index (χ1v) is 7.26. The molecule has 7 nitrogen and oxygen atoms in total. The summed E-state index contributed by atoms with van der Waals surface area (Å²) in [5.74, 6) is 0.777. The average Bonchev–Trinajstić information content (AvgIpc) is 3.04. The van der Waals surface area contributed by atoms with E-state index in [-0.39, 0.29) is 29.9 Å². The lowest BCUT2D eigenvalue weighted by Crippen LogP contribution is -2.55. The molecule has 2 rings (SSSR count). The first kappa shape index (κ1) is 19.2. The summed E-state index contributed by atoms with van der Waals surface area (Å²) in [7, 11) is 1.81. The number of aryl methyl sites for hydroxylation is 2. The SMILES string of the molecule is Cc1oc(-c2cnn(C)c2)nc1C(=O)NC(C)(CN)C(C)C.Cl. The Balaban J connectivity index is 0.00000264. The van der Waals surface area contributed by atoms with Gasteiger partial charge in [0.05, 0.1) is 17.3 Å². The van der Waals surface area contributed by atoms with Crippen molar-refractivity contribution in [2.75, 3.05) is 6.54 Å². The molecule has 3 N–H and O–H groups in total. The van der Waals surface area contributed by atoms with Crippen LogP contribution in [0.5, 0.6) is 0 Å². The fourth-order valence-electron chi connectivity index (χ4n) is 2.01. The van der Waals surface area contributed by atoms with Gasteiger partial charge in [-0.15, -0.1) is 12.4 Å². The van der Waals surface area contributed by atoms with Crippen LogP contribution in [-0.4, -0.2) is 32.8 Å². The van der Waals surface area contributed by atoms with Gasteiger partial charge < -0.3 is 15.5 Å². The van der Waals surface area contributed by atoms with Gasteiger partial charge in [0.1, 0.15) is 5.76 Å². The lowest BCUT2D eigenvalue weighted by molar-refractivity contribution is 0.0877. The number of rotatable bonds is 5. The molecule has 2 aromatic heterocycles. The summed E-state index contributed by atoms with van der Waals surface area (Å²) in [5, 5.41) is 7.03. The van der Waals surface area contributed by atoms with Gasteiger partial charge in [-0.25, -0.2) is 4.98 Å². The van der Waals surface area contributed by atoms with E-state index in [1.165, 1.54) is 0 Å². The standard InChI is InChI=1S/C15H23N5O2.ClH/c1-9(2)15(4,8-16)19-13(21)12-10(3)22-14(18-12)11-6-17-20(5)7-11;/h6-7,9H,8,16H2,1-5H3,(H,19,21);1H. The van der Waals surface area contributed by atoms with Crippen LogP contribution in [0.2, 0.25) is 0 Å². The number of carbonyl (C=O) groups excluding carboxylic acids is 1. The van der Waals surface area contributed by atoms with Crippen LogP contribution in [0, 0.1) is 12.8 Å². The number of nitrogens with one attached hydrogen (secondary N) is 1. The van der Waals surface area contributed by atoms with Crippen molar-refractivity contribution >= 4 is 18.3 Å². The minimum Gasteiger partial charge on any atom is -0.440 e. The predicted molar refractivity (Wildman–Crippen MR) is 90.5 cm³/mol. The summed E-state index contributed by atoms with van der Waals surface area (Å²) in [6, 6.07) is 0. The Kier molecular flexibility index (Phi) is 5.96. The molecule has 0 radical (unpaired) electrons. The highest BCUT2D eigenvalue weighted by Gasteiger charge is 2.31. The summed E-state index contributed by atoms with van der Waals surface area (Å²) in [5.41, 5.74) is 6.32. The van der Waals surface area contributed by atoms with Gasteiger partial charge in [0.15, 0.2) is 5.69 Å². The van der Waals surface area contributed by atoms with Crippen molar-refractivity contribution in [3.8, 4) is 11.5 Å². The van der Waals surface area contributed by atoms with Gasteiger partial charge in [-0.05, 0) is 19.8 Å². The van der Waals surface area contributed by atoms with Gasteiger partial charge in [0.25, 0.3) is 5.91 Å². The fourth-order valence-corrected chi connectivity index (χ4v) is 2.01. The third-order valence-electron chi connectivity index (χ3n) is 4.06. The molecule has 0 aliphatic carbocycles. The average molecular weight is 342 g/mol. The largest absolute Gasteiger partial charge is 0.440 e. The molecular formula is C15H24ClN5O2. The van der Waals surface area contributed by atoms with E-state index in [0.717, 1.165) is 5.56 Å². The van der Waals surface area contributed by atoms with Gasteiger partial charge in [-0.1, -0.05) is 13.8 Å². The van der Waals surface area contributed by atoms with Crippen molar-refractivity contribution in [3.63, 3.8) is 0 Å². The summed E-state index contributed by atoms with van der Waals surface area (Å²) >= 11 is 0. The Bertz CT molecular complexity index is 679. The second-order valence-corrected chi connectivity index (χ2v) is 6.06. The van der Waals surface area contributed by atoms with Crippen LogP contribution in [0.1, 0.15) is 37.0 Å².